The Bertz CT molecular complexity index is 502. The average Bonchev–Trinajstić information content (AvgIpc) is 2.37. The van der Waals surface area contributed by atoms with E-state index in [1.54, 1.807) is 6.92 Å². The number of carbonyl (C=O) groups is 1. The van der Waals surface area contributed by atoms with Crippen LogP contribution < -0.4 is 9.47 Å². The number of hydrogen-bond acceptors (Lipinski definition) is 4. The molecule has 0 heterocycles. The van der Waals surface area contributed by atoms with Gasteiger partial charge in [0.1, 0.15) is 0 Å². The summed E-state index contributed by atoms with van der Waals surface area (Å²) in [6.45, 7) is -1.61. The standard InChI is InChI=1S/C13H13F5O4/c1-2-20-10(19)7-6-8-4-3-5-9(21-12(14)15)11(8)22-13(16,17)18/h3-5,12H,2,6-7H2,1H3. The van der Waals surface area contributed by atoms with Gasteiger partial charge < -0.3 is 14.2 Å². The van der Waals surface area contributed by atoms with Gasteiger partial charge in [0.15, 0.2) is 11.5 Å². The van der Waals surface area contributed by atoms with Gasteiger partial charge in [-0.25, -0.2) is 0 Å². The van der Waals surface area contributed by atoms with E-state index in [0.717, 1.165) is 6.07 Å². The second-order valence-corrected chi connectivity index (χ2v) is 3.98. The average molecular weight is 328 g/mol. The van der Waals surface area contributed by atoms with Crippen LogP contribution in [0.4, 0.5) is 22.0 Å². The van der Waals surface area contributed by atoms with Crippen molar-refractivity contribution in [1.29, 1.82) is 0 Å². The molecule has 0 saturated heterocycles. The minimum absolute atomic E-state index is 0.0940. The zero-order valence-electron chi connectivity index (χ0n) is 11.5. The molecule has 0 spiro atoms. The quantitative estimate of drug-likeness (QED) is 0.566. The van der Waals surface area contributed by atoms with Gasteiger partial charge in [-0.1, -0.05) is 12.1 Å². The Morgan fingerprint density at radius 3 is 2.50 bits per heavy atom. The fraction of sp³-hybridized carbons (Fsp3) is 0.462. The van der Waals surface area contributed by atoms with E-state index in [9.17, 15) is 26.7 Å². The highest BCUT2D eigenvalue weighted by molar-refractivity contribution is 5.70. The van der Waals surface area contributed by atoms with Crippen LogP contribution in [0.25, 0.3) is 0 Å². The Morgan fingerprint density at radius 2 is 1.95 bits per heavy atom. The third-order valence-corrected chi connectivity index (χ3v) is 2.40. The number of para-hydroxylation sites is 1. The zero-order chi connectivity index (χ0) is 16.8. The van der Waals surface area contributed by atoms with E-state index < -0.39 is 30.4 Å². The number of carbonyl (C=O) groups excluding carboxylic acids is 1. The SMILES string of the molecule is CCOC(=O)CCc1cccc(OC(F)F)c1OC(F)(F)F. The van der Waals surface area contributed by atoms with Gasteiger partial charge in [0, 0.05) is 6.42 Å². The van der Waals surface area contributed by atoms with Crippen molar-refractivity contribution in [2.45, 2.75) is 32.7 Å². The summed E-state index contributed by atoms with van der Waals surface area (Å²) >= 11 is 0. The fourth-order valence-electron chi connectivity index (χ4n) is 1.65. The van der Waals surface area contributed by atoms with Crippen LogP contribution in [0.1, 0.15) is 18.9 Å². The van der Waals surface area contributed by atoms with E-state index in [2.05, 4.69) is 14.2 Å². The molecular weight excluding hydrogens is 315 g/mol. The summed E-state index contributed by atoms with van der Waals surface area (Å²) in [6.07, 6.45) is -5.48. The van der Waals surface area contributed by atoms with Crippen LogP contribution in [-0.2, 0) is 16.0 Å². The molecule has 22 heavy (non-hydrogen) atoms. The summed E-state index contributed by atoms with van der Waals surface area (Å²) in [5, 5.41) is 0. The Labute approximate surface area is 122 Å². The molecule has 0 unspecified atom stereocenters. The van der Waals surface area contributed by atoms with E-state index >= 15 is 0 Å². The van der Waals surface area contributed by atoms with E-state index in [0.29, 0.717) is 0 Å². The summed E-state index contributed by atoms with van der Waals surface area (Å²) in [7, 11) is 0. The first-order chi connectivity index (χ1) is 10.2. The smallest absolute Gasteiger partial charge is 0.466 e. The van der Waals surface area contributed by atoms with Gasteiger partial charge in [-0.15, -0.1) is 13.2 Å². The summed E-state index contributed by atoms with van der Waals surface area (Å²) in [6, 6.07) is 3.36. The van der Waals surface area contributed by atoms with Crippen molar-refractivity contribution in [2.75, 3.05) is 6.61 Å². The molecule has 4 nitrogen and oxygen atoms in total. The van der Waals surface area contributed by atoms with Gasteiger partial charge in [0.05, 0.1) is 6.61 Å². The minimum atomic E-state index is -5.08. The van der Waals surface area contributed by atoms with Crippen LogP contribution >= 0.6 is 0 Å². The number of alkyl halides is 5. The van der Waals surface area contributed by atoms with Crippen LogP contribution in [-0.4, -0.2) is 25.6 Å². The lowest BCUT2D eigenvalue weighted by Crippen LogP contribution is -2.19. The largest absolute Gasteiger partial charge is 0.573 e. The summed E-state index contributed by atoms with van der Waals surface area (Å²) in [4.78, 5) is 11.2. The van der Waals surface area contributed by atoms with Crippen molar-refractivity contribution in [3.63, 3.8) is 0 Å². The lowest BCUT2D eigenvalue weighted by molar-refractivity contribution is -0.275. The van der Waals surface area contributed by atoms with E-state index in [-0.39, 0.29) is 25.0 Å². The van der Waals surface area contributed by atoms with Crippen molar-refractivity contribution in [3.05, 3.63) is 23.8 Å². The normalized spacial score (nSPS) is 11.4. The number of benzene rings is 1. The van der Waals surface area contributed by atoms with Crippen molar-refractivity contribution in [1.82, 2.24) is 0 Å². The number of halogens is 5. The molecule has 0 aromatic heterocycles. The maximum atomic E-state index is 12.4. The molecule has 0 aliphatic heterocycles. The minimum Gasteiger partial charge on any atom is -0.466 e. The van der Waals surface area contributed by atoms with Crippen molar-refractivity contribution < 1.29 is 41.0 Å². The Balaban J connectivity index is 3.00. The summed E-state index contributed by atoms with van der Waals surface area (Å²) in [5.41, 5.74) is -0.0940. The van der Waals surface area contributed by atoms with E-state index in [1.165, 1.54) is 12.1 Å². The third kappa shape index (κ3) is 6.15. The highest BCUT2D eigenvalue weighted by atomic mass is 19.4. The molecule has 0 radical (unpaired) electrons. The molecule has 0 N–H and O–H groups in total. The molecular formula is C13H13F5O4. The lowest BCUT2D eigenvalue weighted by atomic mass is 10.1. The maximum absolute atomic E-state index is 12.4. The molecule has 0 amide bonds. The first kappa shape index (κ1) is 18.0. The van der Waals surface area contributed by atoms with Crippen LogP contribution in [0.5, 0.6) is 11.5 Å². The third-order valence-electron chi connectivity index (χ3n) is 2.40. The van der Waals surface area contributed by atoms with Crippen molar-refractivity contribution in [2.24, 2.45) is 0 Å². The van der Waals surface area contributed by atoms with Gasteiger partial charge in [0.2, 0.25) is 0 Å². The monoisotopic (exact) mass is 328 g/mol. The fourth-order valence-corrected chi connectivity index (χ4v) is 1.65. The van der Waals surface area contributed by atoms with Crippen LogP contribution in [0.3, 0.4) is 0 Å². The van der Waals surface area contributed by atoms with Gasteiger partial charge in [-0.05, 0) is 25.0 Å². The lowest BCUT2D eigenvalue weighted by Gasteiger charge is -2.17. The highest BCUT2D eigenvalue weighted by Gasteiger charge is 2.34. The number of hydrogen-bond donors (Lipinski definition) is 0. The summed E-state index contributed by atoms with van der Waals surface area (Å²) in [5.74, 6) is -2.27. The molecule has 124 valence electrons. The molecule has 0 fully saturated rings. The number of ether oxygens (including phenoxy) is 3. The number of rotatable bonds is 7. The molecule has 1 rings (SSSR count). The van der Waals surface area contributed by atoms with Gasteiger partial charge in [-0.2, -0.15) is 8.78 Å². The summed E-state index contributed by atoms with van der Waals surface area (Å²) < 4.78 is 74.1. The van der Waals surface area contributed by atoms with Gasteiger partial charge in [0.25, 0.3) is 0 Å². The molecule has 0 saturated carbocycles. The van der Waals surface area contributed by atoms with Crippen molar-refractivity contribution >= 4 is 5.97 Å². The molecule has 9 heteroatoms. The first-order valence-corrected chi connectivity index (χ1v) is 6.21. The van der Waals surface area contributed by atoms with E-state index in [4.69, 9.17) is 0 Å². The maximum Gasteiger partial charge on any atom is 0.573 e. The first-order valence-electron chi connectivity index (χ1n) is 6.21. The Kier molecular flexibility index (Phi) is 6.39. The zero-order valence-corrected chi connectivity index (χ0v) is 11.5. The number of aryl methyl sites for hydroxylation is 1. The van der Waals surface area contributed by atoms with Gasteiger partial charge >= 0.3 is 18.9 Å². The Morgan fingerprint density at radius 1 is 1.27 bits per heavy atom. The Hall–Kier alpha value is -2.06. The molecule has 0 atom stereocenters. The second-order valence-electron chi connectivity index (χ2n) is 3.98. The predicted molar refractivity (Wildman–Crippen MR) is 64.7 cm³/mol. The number of esters is 1. The predicted octanol–water partition coefficient (Wildman–Crippen LogP) is 3.68. The van der Waals surface area contributed by atoms with Crippen LogP contribution in [0.2, 0.25) is 0 Å². The highest BCUT2D eigenvalue weighted by Crippen LogP contribution is 2.37. The molecule has 1 aromatic carbocycles. The topological polar surface area (TPSA) is 44.8 Å². The van der Waals surface area contributed by atoms with Crippen LogP contribution in [0.15, 0.2) is 18.2 Å². The van der Waals surface area contributed by atoms with Crippen molar-refractivity contribution in [3.8, 4) is 11.5 Å². The molecule has 0 bridgehead atoms. The van der Waals surface area contributed by atoms with E-state index in [1.807, 2.05) is 0 Å². The molecule has 0 aliphatic carbocycles. The van der Waals surface area contributed by atoms with Gasteiger partial charge in [-0.3, -0.25) is 4.79 Å². The molecule has 1 aromatic rings. The molecule has 0 aliphatic rings. The van der Waals surface area contributed by atoms with Crippen LogP contribution in [0, 0.1) is 0 Å². The second kappa shape index (κ2) is 7.81.